The van der Waals surface area contributed by atoms with Gasteiger partial charge in [-0.05, 0) is 31.6 Å². The fourth-order valence-electron chi connectivity index (χ4n) is 2.50. The Morgan fingerprint density at radius 3 is 2.37 bits per heavy atom. The molecule has 0 aromatic heterocycles. The highest BCUT2D eigenvalue weighted by molar-refractivity contribution is 7.90. The summed E-state index contributed by atoms with van der Waals surface area (Å²) >= 11 is 0. The van der Waals surface area contributed by atoms with Crippen LogP contribution in [0.5, 0.6) is 0 Å². The van der Waals surface area contributed by atoms with Gasteiger partial charge in [0.1, 0.15) is 9.84 Å². The molecule has 1 amide bonds. The van der Waals surface area contributed by atoms with Crippen molar-refractivity contribution in [2.75, 3.05) is 18.6 Å². The van der Waals surface area contributed by atoms with Crippen LogP contribution in [0.2, 0.25) is 0 Å². The van der Waals surface area contributed by atoms with Crippen molar-refractivity contribution in [3.63, 3.8) is 0 Å². The van der Waals surface area contributed by atoms with Gasteiger partial charge in [0.05, 0.1) is 11.7 Å². The van der Waals surface area contributed by atoms with Crippen LogP contribution >= 0.6 is 0 Å². The van der Waals surface area contributed by atoms with Crippen molar-refractivity contribution in [1.29, 1.82) is 0 Å². The molecule has 0 heterocycles. The third-order valence-electron chi connectivity index (χ3n) is 3.70. The van der Waals surface area contributed by atoms with Crippen LogP contribution in [0.4, 0.5) is 0 Å². The first-order valence-corrected chi connectivity index (χ1v) is 8.72. The average Bonchev–Trinajstić information content (AvgIpc) is 2.72. The highest BCUT2D eigenvalue weighted by Crippen LogP contribution is 2.59. The Morgan fingerprint density at radius 1 is 1.32 bits per heavy atom. The molecule has 1 rings (SSSR count). The number of hydrogen-bond donors (Lipinski definition) is 1. The van der Waals surface area contributed by atoms with Crippen molar-refractivity contribution in [3.05, 3.63) is 11.6 Å². The highest BCUT2D eigenvalue weighted by Gasteiger charge is 2.60. The highest BCUT2D eigenvalue weighted by atomic mass is 32.2. The van der Waals surface area contributed by atoms with Crippen LogP contribution in [-0.2, 0) is 14.6 Å². The van der Waals surface area contributed by atoms with Crippen molar-refractivity contribution in [2.45, 2.75) is 34.1 Å². The molecule has 0 aromatic carbocycles. The number of hydrogen-bond acceptors (Lipinski definition) is 3. The molecule has 0 saturated heterocycles. The van der Waals surface area contributed by atoms with Crippen LogP contribution in [0, 0.1) is 17.3 Å². The lowest BCUT2D eigenvalue weighted by atomic mass is 10.1. The van der Waals surface area contributed by atoms with E-state index in [1.807, 2.05) is 13.8 Å². The lowest BCUT2D eigenvalue weighted by Crippen LogP contribution is -2.28. The normalized spacial score (nSPS) is 24.7. The molecule has 19 heavy (non-hydrogen) atoms. The van der Waals surface area contributed by atoms with Crippen molar-refractivity contribution in [1.82, 2.24) is 5.32 Å². The molecule has 2 atom stereocenters. The summed E-state index contributed by atoms with van der Waals surface area (Å²) in [4.78, 5) is 12.0. The van der Waals surface area contributed by atoms with Gasteiger partial charge in [-0.2, -0.15) is 0 Å². The third-order valence-corrected chi connectivity index (χ3v) is 4.73. The maximum atomic E-state index is 12.0. The standard InChI is InChI=1S/C14H25NO3S/c1-10(2)9-11-12(14(11,3)4)13(16)15-7-6-8-19(5,17)18/h9,11-12H,6-8H2,1-5H3,(H,15,16)/t11-,12+/m1/s1. The second-order valence-electron chi connectivity index (χ2n) is 6.34. The predicted octanol–water partition coefficient (Wildman–Crippen LogP) is 1.78. The van der Waals surface area contributed by atoms with Crippen molar-refractivity contribution in [2.24, 2.45) is 17.3 Å². The maximum absolute atomic E-state index is 12.0. The minimum atomic E-state index is -2.94. The summed E-state index contributed by atoms with van der Waals surface area (Å²) in [5.41, 5.74) is 1.24. The Morgan fingerprint density at radius 2 is 1.89 bits per heavy atom. The number of nitrogens with one attached hydrogen (secondary N) is 1. The minimum absolute atomic E-state index is 0.0121. The fourth-order valence-corrected chi connectivity index (χ4v) is 3.17. The van der Waals surface area contributed by atoms with Crippen molar-refractivity contribution < 1.29 is 13.2 Å². The molecule has 0 aliphatic heterocycles. The van der Waals surface area contributed by atoms with Gasteiger partial charge in [-0.25, -0.2) is 8.42 Å². The Labute approximate surface area is 116 Å². The molecule has 0 bridgehead atoms. The third kappa shape index (κ3) is 4.64. The first-order chi connectivity index (χ1) is 8.55. The lowest BCUT2D eigenvalue weighted by molar-refractivity contribution is -0.123. The number of carbonyl (C=O) groups excluding carboxylic acids is 1. The van der Waals surface area contributed by atoms with Crippen LogP contribution in [0.1, 0.15) is 34.1 Å². The zero-order valence-electron chi connectivity index (χ0n) is 12.5. The van der Waals surface area contributed by atoms with E-state index in [0.717, 1.165) is 0 Å². The average molecular weight is 287 g/mol. The van der Waals surface area contributed by atoms with Crippen LogP contribution in [0.15, 0.2) is 11.6 Å². The van der Waals surface area contributed by atoms with Crippen LogP contribution in [0.25, 0.3) is 0 Å². The van der Waals surface area contributed by atoms with Gasteiger partial charge in [0.25, 0.3) is 0 Å². The van der Waals surface area contributed by atoms with E-state index in [9.17, 15) is 13.2 Å². The molecular weight excluding hydrogens is 262 g/mol. The van der Waals surface area contributed by atoms with E-state index in [1.165, 1.54) is 11.8 Å². The number of amides is 1. The van der Waals surface area contributed by atoms with Gasteiger partial charge in [0.2, 0.25) is 5.91 Å². The number of allylic oxidation sites excluding steroid dienone is 2. The van der Waals surface area contributed by atoms with E-state index in [1.54, 1.807) is 0 Å². The van der Waals surface area contributed by atoms with Gasteiger partial charge in [0, 0.05) is 12.8 Å². The summed E-state index contributed by atoms with van der Waals surface area (Å²) in [6.07, 6.45) is 3.84. The Balaban J connectivity index is 2.42. The van der Waals surface area contributed by atoms with Crippen molar-refractivity contribution >= 4 is 15.7 Å². The summed E-state index contributed by atoms with van der Waals surface area (Å²) in [5, 5.41) is 2.84. The molecule has 1 fully saturated rings. The molecule has 0 unspecified atom stereocenters. The molecule has 4 nitrogen and oxygen atoms in total. The summed E-state index contributed by atoms with van der Waals surface area (Å²) in [5.74, 6) is 0.479. The van der Waals surface area contributed by atoms with Gasteiger partial charge in [0.15, 0.2) is 0 Å². The SMILES string of the molecule is CC(C)=C[C@@H]1[C@@H](C(=O)NCCCS(C)(=O)=O)C1(C)C. The molecular formula is C14H25NO3S. The summed E-state index contributed by atoms with van der Waals surface area (Å²) < 4.78 is 22.0. The first kappa shape index (κ1) is 16.2. The van der Waals surface area contributed by atoms with E-state index < -0.39 is 9.84 Å². The minimum Gasteiger partial charge on any atom is -0.356 e. The molecule has 1 N–H and O–H groups in total. The molecule has 0 spiro atoms. The smallest absolute Gasteiger partial charge is 0.224 e. The Hall–Kier alpha value is -0.840. The number of rotatable bonds is 6. The van der Waals surface area contributed by atoms with Crippen LogP contribution < -0.4 is 5.32 Å². The van der Waals surface area contributed by atoms with Gasteiger partial charge < -0.3 is 5.32 Å². The number of carbonyl (C=O) groups is 1. The fraction of sp³-hybridized carbons (Fsp3) is 0.786. The molecule has 5 heteroatoms. The molecule has 110 valence electrons. The van der Waals surface area contributed by atoms with Crippen LogP contribution in [0.3, 0.4) is 0 Å². The number of sulfone groups is 1. The molecule has 0 radical (unpaired) electrons. The molecule has 1 aliphatic rings. The van der Waals surface area contributed by atoms with Gasteiger partial charge >= 0.3 is 0 Å². The van der Waals surface area contributed by atoms with Crippen LogP contribution in [-0.4, -0.2) is 32.9 Å². The largest absolute Gasteiger partial charge is 0.356 e. The quantitative estimate of drug-likeness (QED) is 0.598. The lowest BCUT2D eigenvalue weighted by Gasteiger charge is -2.05. The monoisotopic (exact) mass is 287 g/mol. The van der Waals surface area contributed by atoms with Gasteiger partial charge in [-0.15, -0.1) is 0 Å². The van der Waals surface area contributed by atoms with Gasteiger partial charge in [-0.1, -0.05) is 25.5 Å². The van der Waals surface area contributed by atoms with E-state index in [2.05, 4.69) is 25.2 Å². The summed E-state index contributed by atoms with van der Waals surface area (Å²) in [7, 11) is -2.94. The summed E-state index contributed by atoms with van der Waals surface area (Å²) in [6.45, 7) is 8.70. The van der Waals surface area contributed by atoms with E-state index >= 15 is 0 Å². The molecule has 1 saturated carbocycles. The Bertz CT molecular complexity index is 473. The van der Waals surface area contributed by atoms with E-state index in [-0.39, 0.29) is 23.0 Å². The summed E-state index contributed by atoms with van der Waals surface area (Å²) in [6, 6.07) is 0. The Kier molecular flexibility index (Phi) is 4.82. The second kappa shape index (κ2) is 5.65. The van der Waals surface area contributed by atoms with Gasteiger partial charge in [-0.3, -0.25) is 4.79 Å². The van der Waals surface area contributed by atoms with E-state index in [4.69, 9.17) is 0 Å². The first-order valence-electron chi connectivity index (χ1n) is 6.66. The van der Waals surface area contributed by atoms with Crippen molar-refractivity contribution in [3.8, 4) is 0 Å². The second-order valence-corrected chi connectivity index (χ2v) is 8.60. The predicted molar refractivity (Wildman–Crippen MR) is 77.5 cm³/mol. The zero-order valence-corrected chi connectivity index (χ0v) is 13.3. The van der Waals surface area contributed by atoms with E-state index in [0.29, 0.717) is 18.9 Å². The molecule has 1 aliphatic carbocycles. The zero-order chi connectivity index (χ0) is 14.8. The topological polar surface area (TPSA) is 63.2 Å². The molecule has 0 aromatic rings. The maximum Gasteiger partial charge on any atom is 0.224 e.